The zero-order valence-corrected chi connectivity index (χ0v) is 17.3. The Morgan fingerprint density at radius 1 is 1.42 bits per heavy atom. The third kappa shape index (κ3) is 3.97. The number of carbonyl (C=O) groups excluding carboxylic acids is 1. The summed E-state index contributed by atoms with van der Waals surface area (Å²) >= 11 is 9.69. The summed E-state index contributed by atoms with van der Waals surface area (Å²) in [5.74, 6) is 0.0691. The summed E-state index contributed by atoms with van der Waals surface area (Å²) in [6.45, 7) is 5.97. The van der Waals surface area contributed by atoms with Gasteiger partial charge in [0.25, 0.3) is 5.91 Å². The van der Waals surface area contributed by atoms with E-state index in [-0.39, 0.29) is 17.2 Å². The van der Waals surface area contributed by atoms with Gasteiger partial charge in [0.15, 0.2) is 5.69 Å². The smallest absolute Gasteiger partial charge is 0.272 e. The van der Waals surface area contributed by atoms with Gasteiger partial charge in [-0.1, -0.05) is 37.6 Å². The molecule has 0 saturated carbocycles. The van der Waals surface area contributed by atoms with Gasteiger partial charge in [0.2, 0.25) is 0 Å². The maximum absolute atomic E-state index is 12.7. The number of ether oxygens (including phenoxy) is 1. The second-order valence-corrected chi connectivity index (χ2v) is 8.27. The number of halogens is 2. The Hall–Kier alpha value is -1.37. The Bertz CT molecular complexity index is 785. The number of nitrogens with zero attached hydrogens (tertiary/aromatic N) is 1. The molecule has 1 aromatic carbocycles. The lowest BCUT2D eigenvalue weighted by atomic mass is 9.74. The molecule has 2 aromatic rings. The quantitative estimate of drug-likeness (QED) is 0.723. The van der Waals surface area contributed by atoms with Crippen molar-refractivity contribution in [2.75, 3.05) is 19.8 Å². The highest BCUT2D eigenvalue weighted by molar-refractivity contribution is 9.10. The molecule has 1 saturated heterocycles. The minimum atomic E-state index is -0.187. The molecule has 2 N–H and O–H groups in total. The van der Waals surface area contributed by atoms with Crippen LogP contribution in [0.25, 0.3) is 0 Å². The van der Waals surface area contributed by atoms with Gasteiger partial charge < -0.3 is 10.1 Å². The van der Waals surface area contributed by atoms with E-state index in [1.165, 1.54) is 0 Å². The number of rotatable bonds is 5. The van der Waals surface area contributed by atoms with E-state index in [0.717, 1.165) is 28.6 Å². The van der Waals surface area contributed by atoms with Crippen molar-refractivity contribution in [3.63, 3.8) is 0 Å². The first-order chi connectivity index (χ1) is 12.4. The third-order valence-corrected chi connectivity index (χ3v) is 6.04. The molecular weight excluding hydrogens is 418 g/mol. The van der Waals surface area contributed by atoms with Gasteiger partial charge in [-0.05, 0) is 52.4 Å². The normalized spacial score (nSPS) is 16.7. The Balaban J connectivity index is 1.79. The number of hydrogen-bond acceptors (Lipinski definition) is 3. The molecule has 0 radical (unpaired) electrons. The van der Waals surface area contributed by atoms with E-state index in [4.69, 9.17) is 16.3 Å². The lowest BCUT2D eigenvalue weighted by Crippen LogP contribution is -2.44. The van der Waals surface area contributed by atoms with Crippen molar-refractivity contribution in [1.29, 1.82) is 0 Å². The average Bonchev–Trinajstić information content (AvgIpc) is 3.02. The predicted octanol–water partition coefficient (Wildman–Crippen LogP) is 4.43. The molecule has 1 fully saturated rings. The van der Waals surface area contributed by atoms with Crippen LogP contribution in [0.2, 0.25) is 5.02 Å². The van der Waals surface area contributed by atoms with Crippen molar-refractivity contribution in [3.8, 4) is 0 Å². The summed E-state index contributed by atoms with van der Waals surface area (Å²) in [5.41, 5.74) is 2.27. The van der Waals surface area contributed by atoms with Crippen LogP contribution in [0.4, 0.5) is 0 Å². The van der Waals surface area contributed by atoms with Crippen LogP contribution in [0.15, 0.2) is 28.7 Å². The molecular formula is C19H23BrClN3O2. The molecule has 7 heteroatoms. The number of amides is 1. The Morgan fingerprint density at radius 3 is 2.77 bits per heavy atom. The van der Waals surface area contributed by atoms with E-state index >= 15 is 0 Å². The molecule has 0 spiro atoms. The van der Waals surface area contributed by atoms with E-state index < -0.39 is 0 Å². The second-order valence-electron chi connectivity index (χ2n) is 7.04. The highest BCUT2D eigenvalue weighted by Gasteiger charge is 2.35. The highest BCUT2D eigenvalue weighted by atomic mass is 79.9. The molecule has 0 bridgehead atoms. The summed E-state index contributed by atoms with van der Waals surface area (Å²) in [4.78, 5) is 12.7. The van der Waals surface area contributed by atoms with Crippen LogP contribution >= 0.6 is 27.5 Å². The minimum Gasteiger partial charge on any atom is -0.381 e. The Kier molecular flexibility index (Phi) is 6.05. The molecule has 5 nitrogen and oxygen atoms in total. The molecule has 140 valence electrons. The molecule has 3 rings (SSSR count). The van der Waals surface area contributed by atoms with Crippen LogP contribution in [0, 0.1) is 0 Å². The lowest BCUT2D eigenvalue weighted by Gasteiger charge is -2.38. The van der Waals surface area contributed by atoms with E-state index in [0.29, 0.717) is 30.5 Å². The highest BCUT2D eigenvalue weighted by Crippen LogP contribution is 2.35. The van der Waals surface area contributed by atoms with Crippen LogP contribution in [-0.4, -0.2) is 35.9 Å². The zero-order chi connectivity index (χ0) is 18.7. The standard InChI is InChI=1S/C19H23BrClN3O2/c1-12(2)16-15(20)17(24-23-16)18(25)22-11-19(6-8-26-9-7-19)13-4-3-5-14(21)10-13/h3-5,10,12H,6-9,11H2,1-2H3,(H,22,25)(H,23,24). The first-order valence-electron chi connectivity index (χ1n) is 8.79. The maximum atomic E-state index is 12.7. The molecule has 0 aliphatic carbocycles. The second kappa shape index (κ2) is 8.11. The fraction of sp³-hybridized carbons (Fsp3) is 0.474. The lowest BCUT2D eigenvalue weighted by molar-refractivity contribution is 0.0486. The number of H-pyrrole nitrogens is 1. The van der Waals surface area contributed by atoms with Gasteiger partial charge >= 0.3 is 0 Å². The molecule has 2 heterocycles. The van der Waals surface area contributed by atoms with Crippen LogP contribution in [0.5, 0.6) is 0 Å². The topological polar surface area (TPSA) is 67.0 Å². The number of nitrogens with one attached hydrogen (secondary N) is 2. The van der Waals surface area contributed by atoms with Crippen molar-refractivity contribution in [2.45, 2.75) is 38.0 Å². The van der Waals surface area contributed by atoms with Gasteiger partial charge in [0, 0.05) is 30.2 Å². The number of aromatic amines is 1. The maximum Gasteiger partial charge on any atom is 0.272 e. The predicted molar refractivity (Wildman–Crippen MR) is 106 cm³/mol. The molecule has 1 amide bonds. The Morgan fingerprint density at radius 2 is 2.15 bits per heavy atom. The first kappa shape index (κ1) is 19.4. The molecule has 1 aliphatic heterocycles. The zero-order valence-electron chi connectivity index (χ0n) is 14.9. The number of carbonyl (C=O) groups is 1. The fourth-order valence-corrected chi connectivity index (χ4v) is 4.36. The van der Waals surface area contributed by atoms with Gasteiger partial charge in [-0.25, -0.2) is 0 Å². The van der Waals surface area contributed by atoms with Crippen molar-refractivity contribution in [1.82, 2.24) is 15.5 Å². The number of hydrogen-bond donors (Lipinski definition) is 2. The van der Waals surface area contributed by atoms with Crippen molar-refractivity contribution < 1.29 is 9.53 Å². The van der Waals surface area contributed by atoms with Crippen molar-refractivity contribution in [2.24, 2.45) is 0 Å². The number of aromatic nitrogens is 2. The SMILES string of the molecule is CC(C)c1[nH]nc(C(=O)NCC2(c3cccc(Cl)c3)CCOCC2)c1Br. The summed E-state index contributed by atoms with van der Waals surface area (Å²) in [6.07, 6.45) is 1.68. The summed E-state index contributed by atoms with van der Waals surface area (Å²) in [5, 5.41) is 10.9. The monoisotopic (exact) mass is 439 g/mol. The van der Waals surface area contributed by atoms with Gasteiger partial charge in [-0.3, -0.25) is 9.89 Å². The van der Waals surface area contributed by atoms with E-state index in [2.05, 4.69) is 51.4 Å². The van der Waals surface area contributed by atoms with Gasteiger partial charge in [-0.15, -0.1) is 0 Å². The largest absolute Gasteiger partial charge is 0.381 e. The van der Waals surface area contributed by atoms with Gasteiger partial charge in [0.1, 0.15) is 0 Å². The van der Waals surface area contributed by atoms with E-state index in [1.54, 1.807) is 0 Å². The number of benzene rings is 1. The van der Waals surface area contributed by atoms with E-state index in [1.807, 2.05) is 18.2 Å². The fourth-order valence-electron chi connectivity index (χ4n) is 3.36. The molecule has 0 atom stereocenters. The molecule has 26 heavy (non-hydrogen) atoms. The average molecular weight is 441 g/mol. The van der Waals surface area contributed by atoms with Crippen LogP contribution < -0.4 is 5.32 Å². The molecule has 1 aromatic heterocycles. The van der Waals surface area contributed by atoms with Crippen LogP contribution in [0.1, 0.15) is 54.4 Å². The molecule has 0 unspecified atom stereocenters. The third-order valence-electron chi connectivity index (χ3n) is 5.00. The van der Waals surface area contributed by atoms with Gasteiger partial charge in [-0.2, -0.15) is 5.10 Å². The van der Waals surface area contributed by atoms with Crippen molar-refractivity contribution >= 4 is 33.4 Å². The minimum absolute atomic E-state index is 0.178. The van der Waals surface area contributed by atoms with E-state index in [9.17, 15) is 4.79 Å². The summed E-state index contributed by atoms with van der Waals surface area (Å²) in [7, 11) is 0. The van der Waals surface area contributed by atoms with Gasteiger partial charge in [0.05, 0.1) is 10.2 Å². The van der Waals surface area contributed by atoms with Crippen molar-refractivity contribution in [3.05, 3.63) is 50.7 Å². The van der Waals surface area contributed by atoms with Crippen LogP contribution in [-0.2, 0) is 10.2 Å². The Labute approximate surface area is 167 Å². The van der Waals surface area contributed by atoms with Crippen LogP contribution in [0.3, 0.4) is 0 Å². The first-order valence-corrected chi connectivity index (χ1v) is 9.96. The summed E-state index contributed by atoms with van der Waals surface area (Å²) < 4.78 is 6.28. The molecule has 1 aliphatic rings. The summed E-state index contributed by atoms with van der Waals surface area (Å²) in [6, 6.07) is 7.88.